The third-order valence-corrected chi connectivity index (χ3v) is 4.56. The number of carboxylic acids is 3. The van der Waals surface area contributed by atoms with Gasteiger partial charge in [-0.25, -0.2) is 0 Å². The summed E-state index contributed by atoms with van der Waals surface area (Å²) in [6.07, 6.45) is 4.72. The van der Waals surface area contributed by atoms with Crippen LogP contribution in [0.3, 0.4) is 0 Å². The first-order chi connectivity index (χ1) is 9.81. The third kappa shape index (κ3) is 3.40. The highest BCUT2D eigenvalue weighted by Crippen LogP contribution is 2.45. The first-order valence-electron chi connectivity index (χ1n) is 6.94. The lowest BCUT2D eigenvalue weighted by Crippen LogP contribution is -2.47. The van der Waals surface area contributed by atoms with Crippen molar-refractivity contribution >= 4 is 24.2 Å². The van der Waals surface area contributed by atoms with Gasteiger partial charge in [-0.15, -0.1) is 0 Å². The van der Waals surface area contributed by atoms with Crippen LogP contribution in [0.25, 0.3) is 0 Å². The minimum absolute atomic E-state index is 0.108. The molecule has 3 N–H and O–H groups in total. The zero-order valence-corrected chi connectivity index (χ0v) is 11.7. The number of carboxylic acid groups (broad SMARTS) is 3. The normalized spacial score (nSPS) is 17.9. The van der Waals surface area contributed by atoms with Gasteiger partial charge in [0.1, 0.15) is 6.29 Å². The maximum Gasteiger partial charge on any atom is 0.332 e. The Morgan fingerprint density at radius 3 is 1.81 bits per heavy atom. The smallest absolute Gasteiger partial charge is 0.332 e. The molecule has 0 aromatic carbocycles. The summed E-state index contributed by atoms with van der Waals surface area (Å²) in [5.41, 5.74) is -3.31. The van der Waals surface area contributed by atoms with E-state index in [1.165, 1.54) is 0 Å². The number of carbonyl (C=O) groups is 4. The average molecular weight is 300 g/mol. The van der Waals surface area contributed by atoms with Crippen molar-refractivity contribution in [2.45, 2.75) is 51.4 Å². The quantitative estimate of drug-likeness (QED) is 0.458. The lowest BCUT2D eigenvalue weighted by atomic mass is 9.66. The highest BCUT2D eigenvalue weighted by molar-refractivity contribution is 6.16. The molecule has 1 rings (SSSR count). The van der Waals surface area contributed by atoms with Crippen molar-refractivity contribution in [2.24, 2.45) is 10.8 Å². The topological polar surface area (TPSA) is 129 Å². The van der Waals surface area contributed by atoms with Gasteiger partial charge in [0.15, 0.2) is 0 Å². The number of aliphatic carboxylic acids is 3. The van der Waals surface area contributed by atoms with Crippen LogP contribution < -0.4 is 0 Å². The molecular weight excluding hydrogens is 280 g/mol. The first kappa shape index (κ1) is 17.1. The molecule has 1 fully saturated rings. The van der Waals surface area contributed by atoms with Gasteiger partial charge < -0.3 is 20.1 Å². The molecule has 0 radical (unpaired) electrons. The van der Waals surface area contributed by atoms with E-state index in [4.69, 9.17) is 15.3 Å². The Morgan fingerprint density at radius 2 is 1.43 bits per heavy atom. The molecule has 0 aliphatic heterocycles. The SMILES string of the molecule is O=CCC1(CCC(C(=O)O)(C(=O)O)C(=O)O)CCCCC1. The zero-order valence-electron chi connectivity index (χ0n) is 11.7. The van der Waals surface area contributed by atoms with Crippen molar-refractivity contribution in [1.82, 2.24) is 0 Å². The maximum atomic E-state index is 11.2. The number of carbonyl (C=O) groups excluding carboxylic acids is 1. The second kappa shape index (κ2) is 6.69. The highest BCUT2D eigenvalue weighted by atomic mass is 16.4. The van der Waals surface area contributed by atoms with E-state index in [2.05, 4.69) is 0 Å². The fraction of sp³-hybridized carbons (Fsp3) is 0.714. The van der Waals surface area contributed by atoms with E-state index < -0.39 is 35.2 Å². The maximum absolute atomic E-state index is 11.2. The van der Waals surface area contributed by atoms with Crippen LogP contribution in [0.15, 0.2) is 0 Å². The third-order valence-electron chi connectivity index (χ3n) is 4.56. The van der Waals surface area contributed by atoms with Crippen molar-refractivity contribution in [3.8, 4) is 0 Å². The average Bonchev–Trinajstić information content (AvgIpc) is 2.39. The van der Waals surface area contributed by atoms with E-state index in [1.54, 1.807) is 0 Å². The van der Waals surface area contributed by atoms with Crippen LogP contribution >= 0.6 is 0 Å². The van der Waals surface area contributed by atoms with Gasteiger partial charge in [-0.05, 0) is 31.1 Å². The van der Waals surface area contributed by atoms with Crippen LogP contribution in [0.4, 0.5) is 0 Å². The second-order valence-corrected chi connectivity index (χ2v) is 5.75. The summed E-state index contributed by atoms with van der Waals surface area (Å²) in [7, 11) is 0. The number of hydrogen-bond acceptors (Lipinski definition) is 4. The molecule has 1 saturated carbocycles. The summed E-state index contributed by atoms with van der Waals surface area (Å²) < 4.78 is 0. The van der Waals surface area contributed by atoms with Gasteiger partial charge in [0, 0.05) is 6.42 Å². The lowest BCUT2D eigenvalue weighted by molar-refractivity contribution is -0.176. The fourth-order valence-corrected chi connectivity index (χ4v) is 3.08. The Balaban J connectivity index is 2.98. The monoisotopic (exact) mass is 300 g/mol. The van der Waals surface area contributed by atoms with Crippen molar-refractivity contribution in [3.05, 3.63) is 0 Å². The molecule has 0 atom stereocenters. The summed E-state index contributed by atoms with van der Waals surface area (Å²) in [5, 5.41) is 27.2. The van der Waals surface area contributed by atoms with Crippen molar-refractivity contribution in [3.63, 3.8) is 0 Å². The van der Waals surface area contributed by atoms with Crippen LogP contribution in [-0.4, -0.2) is 39.5 Å². The Morgan fingerprint density at radius 1 is 0.952 bits per heavy atom. The molecule has 7 heteroatoms. The van der Waals surface area contributed by atoms with Gasteiger partial charge in [0.05, 0.1) is 0 Å². The van der Waals surface area contributed by atoms with Gasteiger partial charge in [-0.2, -0.15) is 0 Å². The van der Waals surface area contributed by atoms with Crippen LogP contribution in [0.5, 0.6) is 0 Å². The summed E-state index contributed by atoms with van der Waals surface area (Å²) >= 11 is 0. The minimum atomic E-state index is -2.84. The van der Waals surface area contributed by atoms with E-state index >= 15 is 0 Å². The summed E-state index contributed by atoms with van der Waals surface area (Å²) in [4.78, 5) is 44.5. The van der Waals surface area contributed by atoms with Gasteiger partial charge in [-0.3, -0.25) is 14.4 Å². The van der Waals surface area contributed by atoms with Gasteiger partial charge in [0.25, 0.3) is 5.41 Å². The molecule has 0 bridgehead atoms. The summed E-state index contributed by atoms with van der Waals surface area (Å²) in [5.74, 6) is -5.63. The highest BCUT2D eigenvalue weighted by Gasteiger charge is 2.55. The van der Waals surface area contributed by atoms with Crippen molar-refractivity contribution in [1.29, 1.82) is 0 Å². The van der Waals surface area contributed by atoms with E-state index in [0.29, 0.717) is 12.8 Å². The van der Waals surface area contributed by atoms with E-state index in [0.717, 1.165) is 25.5 Å². The van der Waals surface area contributed by atoms with Crippen LogP contribution in [0.1, 0.15) is 51.4 Å². The molecule has 21 heavy (non-hydrogen) atoms. The Bertz CT molecular complexity index is 399. The Hall–Kier alpha value is -1.92. The first-order valence-corrected chi connectivity index (χ1v) is 6.94. The molecule has 7 nitrogen and oxygen atoms in total. The van der Waals surface area contributed by atoms with Crippen molar-refractivity contribution in [2.75, 3.05) is 0 Å². The van der Waals surface area contributed by atoms with E-state index in [1.807, 2.05) is 0 Å². The summed E-state index contributed by atoms with van der Waals surface area (Å²) in [6.45, 7) is 0. The largest absolute Gasteiger partial charge is 0.480 e. The molecule has 0 heterocycles. The minimum Gasteiger partial charge on any atom is -0.480 e. The Labute approximate surface area is 122 Å². The molecule has 0 spiro atoms. The molecule has 0 aromatic rings. The predicted octanol–water partition coefficient (Wildman–Crippen LogP) is 1.55. The van der Waals surface area contributed by atoms with Crippen LogP contribution in [0.2, 0.25) is 0 Å². The number of rotatable bonds is 8. The molecule has 0 amide bonds. The van der Waals surface area contributed by atoms with Gasteiger partial charge in [-0.1, -0.05) is 19.3 Å². The van der Waals surface area contributed by atoms with Crippen LogP contribution in [-0.2, 0) is 19.2 Å². The molecule has 1 aliphatic carbocycles. The van der Waals surface area contributed by atoms with Gasteiger partial charge in [0.2, 0.25) is 0 Å². The molecular formula is C14H20O7. The zero-order chi connectivity index (χ0) is 16.1. The van der Waals surface area contributed by atoms with Crippen LogP contribution in [0, 0.1) is 10.8 Å². The second-order valence-electron chi connectivity index (χ2n) is 5.75. The lowest BCUT2D eigenvalue weighted by Gasteiger charge is -2.37. The summed E-state index contributed by atoms with van der Waals surface area (Å²) in [6, 6.07) is 0. The molecule has 0 unspecified atom stereocenters. The standard InChI is InChI=1S/C14H20O7/c15-9-8-13(4-2-1-3-5-13)6-7-14(10(16)17,11(18)19)12(20)21/h9H,1-8H2,(H,16,17)(H,18,19)(H,20,21). The van der Waals surface area contributed by atoms with E-state index in [-0.39, 0.29) is 12.8 Å². The fourth-order valence-electron chi connectivity index (χ4n) is 3.08. The number of aldehydes is 1. The number of hydrogen-bond donors (Lipinski definition) is 3. The molecule has 0 saturated heterocycles. The van der Waals surface area contributed by atoms with Crippen molar-refractivity contribution < 1.29 is 34.5 Å². The predicted molar refractivity (Wildman–Crippen MR) is 70.8 cm³/mol. The molecule has 0 aromatic heterocycles. The van der Waals surface area contributed by atoms with E-state index in [9.17, 15) is 19.2 Å². The Kier molecular flexibility index (Phi) is 5.46. The molecule has 1 aliphatic rings. The van der Waals surface area contributed by atoms with Gasteiger partial charge >= 0.3 is 17.9 Å². The molecule has 118 valence electrons.